The molecule has 0 aliphatic carbocycles. The van der Waals surface area contributed by atoms with Crippen molar-refractivity contribution >= 4 is 5.91 Å². The summed E-state index contributed by atoms with van der Waals surface area (Å²) in [4.78, 5) is 12.2. The molecule has 0 unspecified atom stereocenters. The van der Waals surface area contributed by atoms with Crippen LogP contribution in [0.25, 0.3) is 22.3 Å². The van der Waals surface area contributed by atoms with Crippen LogP contribution in [0.3, 0.4) is 0 Å². The molecule has 1 amide bonds. The molecule has 2 N–H and O–H groups in total. The predicted molar refractivity (Wildman–Crippen MR) is 113 cm³/mol. The fraction of sp³-hybridized carbons (Fsp3) is 0. The van der Waals surface area contributed by atoms with E-state index in [1.807, 2.05) is 97.1 Å². The van der Waals surface area contributed by atoms with Gasteiger partial charge < -0.3 is 4.74 Å². The third-order valence-electron chi connectivity index (χ3n) is 4.62. The fourth-order valence-electron chi connectivity index (χ4n) is 3.24. The summed E-state index contributed by atoms with van der Waals surface area (Å²) in [6.07, 6.45) is 0. The van der Waals surface area contributed by atoms with Crippen molar-refractivity contribution in [2.45, 2.75) is 0 Å². The van der Waals surface area contributed by atoms with Crippen LogP contribution >= 0.6 is 0 Å². The Kier molecular flexibility index (Phi) is 5.36. The summed E-state index contributed by atoms with van der Waals surface area (Å²) in [5.41, 5.74) is 5.55. The molecule has 0 aliphatic rings. The minimum Gasteiger partial charge on any atom is -0.457 e. The van der Waals surface area contributed by atoms with E-state index >= 15 is 0 Å². The molecule has 0 aliphatic heterocycles. The maximum Gasteiger partial charge on any atom is 0.275 e. The van der Waals surface area contributed by atoms with Crippen LogP contribution in [0.5, 0.6) is 11.5 Å². The largest absolute Gasteiger partial charge is 0.457 e. The molecule has 4 aromatic carbocycles. The monoisotopic (exact) mass is 381 g/mol. The van der Waals surface area contributed by atoms with Gasteiger partial charge in [-0.25, -0.2) is 5.48 Å². The highest BCUT2D eigenvalue weighted by molar-refractivity contribution is 6.01. The zero-order valence-electron chi connectivity index (χ0n) is 15.6. The van der Waals surface area contributed by atoms with Gasteiger partial charge in [0.25, 0.3) is 5.91 Å². The van der Waals surface area contributed by atoms with Crippen molar-refractivity contribution in [2.24, 2.45) is 0 Å². The van der Waals surface area contributed by atoms with Crippen LogP contribution in [-0.2, 0) is 0 Å². The van der Waals surface area contributed by atoms with Crippen LogP contribution < -0.4 is 10.2 Å². The van der Waals surface area contributed by atoms with Crippen molar-refractivity contribution in [3.8, 4) is 33.8 Å². The zero-order valence-corrected chi connectivity index (χ0v) is 15.6. The average molecular weight is 381 g/mol. The molecule has 0 fully saturated rings. The first-order valence-corrected chi connectivity index (χ1v) is 9.22. The van der Waals surface area contributed by atoms with E-state index in [0.29, 0.717) is 5.56 Å². The fourth-order valence-corrected chi connectivity index (χ4v) is 3.24. The van der Waals surface area contributed by atoms with Crippen molar-refractivity contribution in [2.75, 3.05) is 0 Å². The molecule has 0 bridgehead atoms. The normalized spacial score (nSPS) is 10.4. The Balaban J connectivity index is 1.82. The molecule has 4 aromatic rings. The number of hydrogen-bond acceptors (Lipinski definition) is 3. The second-order valence-corrected chi connectivity index (χ2v) is 6.48. The number of hydrogen-bond donors (Lipinski definition) is 2. The molecule has 0 saturated carbocycles. The third kappa shape index (κ3) is 4.03. The van der Waals surface area contributed by atoms with Gasteiger partial charge in [0.05, 0.1) is 0 Å². The van der Waals surface area contributed by atoms with Gasteiger partial charge in [0.1, 0.15) is 11.5 Å². The molecule has 0 atom stereocenters. The van der Waals surface area contributed by atoms with Crippen molar-refractivity contribution in [3.63, 3.8) is 0 Å². The molecular weight excluding hydrogens is 362 g/mol. The lowest BCUT2D eigenvalue weighted by molar-refractivity contribution is 0.0707. The molecule has 0 spiro atoms. The highest BCUT2D eigenvalue weighted by Gasteiger charge is 2.15. The predicted octanol–water partition coefficient (Wildman–Crippen LogP) is 5.93. The average Bonchev–Trinajstić information content (AvgIpc) is 2.80. The van der Waals surface area contributed by atoms with Gasteiger partial charge in [-0.2, -0.15) is 0 Å². The number of nitrogens with one attached hydrogen (secondary N) is 1. The maximum absolute atomic E-state index is 12.2. The highest BCUT2D eigenvalue weighted by atomic mass is 16.5. The maximum atomic E-state index is 12.2. The summed E-state index contributed by atoms with van der Waals surface area (Å²) in [7, 11) is 0. The Hall–Kier alpha value is -3.89. The topological polar surface area (TPSA) is 58.6 Å². The number of carbonyl (C=O) groups is 1. The quantitative estimate of drug-likeness (QED) is 0.333. The molecule has 0 radical (unpaired) electrons. The lowest BCUT2D eigenvalue weighted by Gasteiger charge is -2.14. The first-order valence-electron chi connectivity index (χ1n) is 9.22. The van der Waals surface area contributed by atoms with Crippen LogP contribution in [0.2, 0.25) is 0 Å². The molecule has 4 nitrogen and oxygen atoms in total. The second kappa shape index (κ2) is 8.42. The van der Waals surface area contributed by atoms with Crippen LogP contribution in [0, 0.1) is 0 Å². The summed E-state index contributed by atoms with van der Waals surface area (Å²) in [5.74, 6) is 0.917. The second-order valence-electron chi connectivity index (χ2n) is 6.48. The molecule has 142 valence electrons. The summed E-state index contributed by atoms with van der Waals surface area (Å²) in [6.45, 7) is 0. The van der Waals surface area contributed by atoms with Crippen molar-refractivity contribution in [3.05, 3.63) is 109 Å². The van der Waals surface area contributed by atoms with E-state index in [1.54, 1.807) is 11.5 Å². The molecular formula is C25H19NO3. The van der Waals surface area contributed by atoms with Gasteiger partial charge in [0.2, 0.25) is 0 Å². The SMILES string of the molecule is O=C(NO)c1ccc(-c2ccccc2Oc2ccccc2)cc1-c1ccccc1. The Morgan fingerprint density at radius 2 is 1.34 bits per heavy atom. The minimum absolute atomic E-state index is 0.393. The van der Waals surface area contributed by atoms with E-state index in [4.69, 9.17) is 9.94 Å². The number of hydroxylamine groups is 1. The van der Waals surface area contributed by atoms with Gasteiger partial charge in [0, 0.05) is 11.1 Å². The Labute approximate surface area is 169 Å². The molecule has 0 aromatic heterocycles. The first-order chi connectivity index (χ1) is 14.3. The minimum atomic E-state index is -0.552. The lowest BCUT2D eigenvalue weighted by Crippen LogP contribution is -2.19. The number of rotatable bonds is 5. The molecule has 0 heterocycles. The standard InChI is InChI=1S/C25H19NO3/c27-25(26-28)22-16-15-19(17-23(22)18-9-3-1-4-10-18)21-13-7-8-14-24(21)29-20-11-5-2-6-12-20/h1-17,28H,(H,26,27). The van der Waals surface area contributed by atoms with E-state index in [-0.39, 0.29) is 0 Å². The van der Waals surface area contributed by atoms with Crippen LogP contribution in [0.15, 0.2) is 103 Å². The molecule has 0 saturated heterocycles. The molecule has 29 heavy (non-hydrogen) atoms. The number of amides is 1. The summed E-state index contributed by atoms with van der Waals surface area (Å²) in [5, 5.41) is 9.13. The van der Waals surface area contributed by atoms with E-state index in [9.17, 15) is 4.79 Å². The zero-order chi connectivity index (χ0) is 20.1. The Morgan fingerprint density at radius 3 is 2.07 bits per heavy atom. The van der Waals surface area contributed by atoms with Gasteiger partial charge in [-0.05, 0) is 47.0 Å². The molecule has 4 heteroatoms. The van der Waals surface area contributed by atoms with Gasteiger partial charge in [-0.1, -0.05) is 72.8 Å². The van der Waals surface area contributed by atoms with Crippen LogP contribution in [0.1, 0.15) is 10.4 Å². The number of ether oxygens (including phenoxy) is 1. The summed E-state index contributed by atoms with van der Waals surface area (Å²) >= 11 is 0. The van der Waals surface area contributed by atoms with Gasteiger partial charge in [0.15, 0.2) is 0 Å². The first kappa shape index (κ1) is 18.5. The van der Waals surface area contributed by atoms with E-state index in [2.05, 4.69) is 0 Å². The van der Waals surface area contributed by atoms with Crippen LogP contribution in [-0.4, -0.2) is 11.1 Å². The van der Waals surface area contributed by atoms with Crippen molar-refractivity contribution in [1.29, 1.82) is 0 Å². The Morgan fingerprint density at radius 1 is 0.690 bits per heavy atom. The van der Waals surface area contributed by atoms with Crippen LogP contribution in [0.4, 0.5) is 0 Å². The molecule has 4 rings (SSSR count). The summed E-state index contributed by atoms with van der Waals surface area (Å²) < 4.78 is 6.09. The lowest BCUT2D eigenvalue weighted by atomic mass is 9.94. The number of para-hydroxylation sites is 2. The van der Waals surface area contributed by atoms with E-state index in [1.165, 1.54) is 0 Å². The third-order valence-corrected chi connectivity index (χ3v) is 4.62. The van der Waals surface area contributed by atoms with E-state index < -0.39 is 5.91 Å². The van der Waals surface area contributed by atoms with Crippen molar-refractivity contribution in [1.82, 2.24) is 5.48 Å². The number of benzene rings is 4. The van der Waals surface area contributed by atoms with E-state index in [0.717, 1.165) is 33.8 Å². The van der Waals surface area contributed by atoms with Gasteiger partial charge in [-0.15, -0.1) is 0 Å². The number of carbonyl (C=O) groups excluding carboxylic acids is 1. The highest BCUT2D eigenvalue weighted by Crippen LogP contribution is 2.36. The van der Waals surface area contributed by atoms with Crippen molar-refractivity contribution < 1.29 is 14.7 Å². The van der Waals surface area contributed by atoms with Gasteiger partial charge >= 0.3 is 0 Å². The van der Waals surface area contributed by atoms with Gasteiger partial charge in [-0.3, -0.25) is 10.0 Å². The smallest absolute Gasteiger partial charge is 0.275 e. The summed E-state index contributed by atoms with van der Waals surface area (Å²) in [6, 6.07) is 32.5. The Bertz CT molecular complexity index is 1130.